The third-order valence-corrected chi connectivity index (χ3v) is 3.23. The average molecular weight is 260 g/mol. The molecule has 0 spiro atoms. The first kappa shape index (κ1) is 13.9. The normalized spacial score (nSPS) is 12.0. The van der Waals surface area contributed by atoms with Crippen LogP contribution >= 0.6 is 0 Å². The van der Waals surface area contributed by atoms with E-state index in [9.17, 15) is 0 Å². The van der Waals surface area contributed by atoms with Crippen LogP contribution in [0.4, 0.5) is 0 Å². The molecule has 0 saturated carbocycles. The summed E-state index contributed by atoms with van der Waals surface area (Å²) < 4.78 is 4.49. The Balaban J connectivity index is 1.94. The van der Waals surface area contributed by atoms with E-state index in [2.05, 4.69) is 58.5 Å². The number of rotatable bonds is 5. The second-order valence-corrected chi connectivity index (χ2v) is 5.96. The van der Waals surface area contributed by atoms with Crippen molar-refractivity contribution >= 4 is 0 Å². The number of imidazole rings is 1. The van der Waals surface area contributed by atoms with Gasteiger partial charge in [-0.3, -0.25) is 0 Å². The van der Waals surface area contributed by atoms with E-state index >= 15 is 0 Å². The van der Waals surface area contributed by atoms with Gasteiger partial charge in [-0.1, -0.05) is 0 Å². The zero-order valence-corrected chi connectivity index (χ0v) is 12.3. The lowest BCUT2D eigenvalue weighted by atomic mass is 10.1. The van der Waals surface area contributed by atoms with Crippen LogP contribution in [0.3, 0.4) is 0 Å². The van der Waals surface area contributed by atoms with Crippen LogP contribution in [0.5, 0.6) is 0 Å². The third-order valence-electron chi connectivity index (χ3n) is 3.23. The molecule has 2 aromatic rings. The van der Waals surface area contributed by atoms with E-state index in [1.54, 1.807) is 0 Å². The van der Waals surface area contributed by atoms with Gasteiger partial charge in [0, 0.05) is 49.5 Å². The molecule has 2 rings (SSSR count). The first-order valence-electron chi connectivity index (χ1n) is 6.82. The van der Waals surface area contributed by atoms with Gasteiger partial charge < -0.3 is 14.5 Å². The predicted octanol–water partition coefficient (Wildman–Crippen LogP) is 2.58. The van der Waals surface area contributed by atoms with Gasteiger partial charge in [0.05, 0.1) is 0 Å². The Morgan fingerprint density at radius 1 is 1.16 bits per heavy atom. The van der Waals surface area contributed by atoms with Crippen LogP contribution in [0.1, 0.15) is 32.3 Å². The van der Waals surface area contributed by atoms with Crippen LogP contribution < -0.4 is 5.32 Å². The molecule has 4 heteroatoms. The van der Waals surface area contributed by atoms with Crippen LogP contribution in [-0.2, 0) is 19.6 Å². The molecule has 19 heavy (non-hydrogen) atoms. The molecule has 1 N–H and O–H groups in total. The molecule has 104 valence electrons. The van der Waals surface area contributed by atoms with Crippen molar-refractivity contribution in [2.75, 3.05) is 0 Å². The molecular formula is C15H24N4. The van der Waals surface area contributed by atoms with Crippen molar-refractivity contribution in [1.82, 2.24) is 19.4 Å². The predicted molar refractivity (Wildman–Crippen MR) is 78.0 cm³/mol. The zero-order valence-electron chi connectivity index (χ0n) is 12.3. The molecule has 4 nitrogen and oxygen atoms in total. The minimum atomic E-state index is 0.149. The smallest absolute Gasteiger partial charge is 0.105 e. The summed E-state index contributed by atoms with van der Waals surface area (Å²) in [5.41, 5.74) is 1.48. The molecule has 0 unspecified atom stereocenters. The second-order valence-electron chi connectivity index (χ2n) is 5.96. The van der Waals surface area contributed by atoms with Gasteiger partial charge in [0.1, 0.15) is 5.82 Å². The highest BCUT2D eigenvalue weighted by molar-refractivity contribution is 5.07. The summed E-state index contributed by atoms with van der Waals surface area (Å²) in [6.07, 6.45) is 6.03. The maximum atomic E-state index is 4.25. The fourth-order valence-corrected chi connectivity index (χ4v) is 2.04. The molecule has 0 amide bonds. The fourth-order valence-electron chi connectivity index (χ4n) is 2.04. The van der Waals surface area contributed by atoms with Crippen molar-refractivity contribution in [3.63, 3.8) is 0 Å². The lowest BCUT2D eigenvalue weighted by molar-refractivity contribution is 0.413. The van der Waals surface area contributed by atoms with E-state index in [0.717, 1.165) is 25.5 Å². The Labute approximate surface area is 115 Å². The molecular weight excluding hydrogens is 236 g/mol. The molecule has 0 bridgehead atoms. The van der Waals surface area contributed by atoms with E-state index < -0.39 is 0 Å². The molecule has 0 atom stereocenters. The van der Waals surface area contributed by atoms with E-state index in [4.69, 9.17) is 0 Å². The maximum absolute atomic E-state index is 4.25. The van der Waals surface area contributed by atoms with Crippen molar-refractivity contribution in [3.05, 3.63) is 42.2 Å². The average Bonchev–Trinajstić information content (AvgIpc) is 2.91. The summed E-state index contributed by atoms with van der Waals surface area (Å²) in [5, 5.41) is 3.53. The van der Waals surface area contributed by atoms with Crippen molar-refractivity contribution in [2.24, 2.45) is 0 Å². The van der Waals surface area contributed by atoms with Crippen LogP contribution in [0.2, 0.25) is 0 Å². The second kappa shape index (κ2) is 5.61. The standard InChI is InChI=1S/C15H24N4/c1-13-16-7-9-18(13)10-11-19-8-5-6-14(19)12-17-15(2,3)4/h5-9,17H,10-12H2,1-4H3. The minimum Gasteiger partial charge on any atom is -0.348 e. The van der Waals surface area contributed by atoms with Gasteiger partial charge in [-0.25, -0.2) is 4.98 Å². The van der Waals surface area contributed by atoms with Crippen molar-refractivity contribution in [1.29, 1.82) is 0 Å². The molecule has 0 radical (unpaired) electrons. The molecule has 0 aliphatic rings. The minimum absolute atomic E-state index is 0.149. The quantitative estimate of drug-likeness (QED) is 0.896. The Morgan fingerprint density at radius 2 is 1.89 bits per heavy atom. The molecule has 0 saturated heterocycles. The van der Waals surface area contributed by atoms with Crippen molar-refractivity contribution in [3.8, 4) is 0 Å². The molecule has 0 fully saturated rings. The monoisotopic (exact) mass is 260 g/mol. The third kappa shape index (κ3) is 3.96. The van der Waals surface area contributed by atoms with Crippen LogP contribution in [0, 0.1) is 6.92 Å². The maximum Gasteiger partial charge on any atom is 0.105 e. The number of aromatic nitrogens is 3. The van der Waals surface area contributed by atoms with Gasteiger partial charge in [0.15, 0.2) is 0 Å². The molecule has 0 aromatic carbocycles. The van der Waals surface area contributed by atoms with Gasteiger partial charge in [-0.05, 0) is 39.8 Å². The summed E-state index contributed by atoms with van der Waals surface area (Å²) >= 11 is 0. The first-order chi connectivity index (χ1) is 8.96. The number of hydrogen-bond donors (Lipinski definition) is 1. The van der Waals surface area contributed by atoms with Crippen LogP contribution in [0.15, 0.2) is 30.7 Å². The molecule has 2 heterocycles. The van der Waals surface area contributed by atoms with E-state index in [1.165, 1.54) is 5.69 Å². The highest BCUT2D eigenvalue weighted by Crippen LogP contribution is 2.07. The SMILES string of the molecule is Cc1nccn1CCn1cccc1CNC(C)(C)C. The first-order valence-corrected chi connectivity index (χ1v) is 6.82. The van der Waals surface area contributed by atoms with E-state index in [1.807, 2.05) is 19.3 Å². The summed E-state index contributed by atoms with van der Waals surface area (Å²) in [6, 6.07) is 4.29. The largest absolute Gasteiger partial charge is 0.348 e. The van der Waals surface area contributed by atoms with Crippen molar-refractivity contribution in [2.45, 2.75) is 52.9 Å². The number of nitrogens with one attached hydrogen (secondary N) is 1. The number of hydrogen-bond acceptors (Lipinski definition) is 2. The van der Waals surface area contributed by atoms with Gasteiger partial charge in [-0.2, -0.15) is 0 Å². The Bertz CT molecular complexity index is 516. The summed E-state index contributed by atoms with van der Waals surface area (Å²) in [5.74, 6) is 1.07. The Kier molecular flexibility index (Phi) is 4.10. The topological polar surface area (TPSA) is 34.8 Å². The summed E-state index contributed by atoms with van der Waals surface area (Å²) in [6.45, 7) is 11.4. The highest BCUT2D eigenvalue weighted by Gasteiger charge is 2.10. The Morgan fingerprint density at radius 3 is 2.53 bits per heavy atom. The summed E-state index contributed by atoms with van der Waals surface area (Å²) in [7, 11) is 0. The van der Waals surface area contributed by atoms with Gasteiger partial charge in [0.2, 0.25) is 0 Å². The highest BCUT2D eigenvalue weighted by atomic mass is 15.1. The van der Waals surface area contributed by atoms with Gasteiger partial charge in [-0.15, -0.1) is 0 Å². The van der Waals surface area contributed by atoms with E-state index in [-0.39, 0.29) is 5.54 Å². The van der Waals surface area contributed by atoms with Gasteiger partial charge >= 0.3 is 0 Å². The molecule has 0 aliphatic carbocycles. The number of aryl methyl sites for hydroxylation is 3. The molecule has 2 aromatic heterocycles. The lowest BCUT2D eigenvalue weighted by Gasteiger charge is -2.21. The summed E-state index contributed by atoms with van der Waals surface area (Å²) in [4.78, 5) is 4.25. The van der Waals surface area contributed by atoms with Crippen LogP contribution in [0.25, 0.3) is 0 Å². The number of nitrogens with zero attached hydrogens (tertiary/aromatic N) is 3. The lowest BCUT2D eigenvalue weighted by Crippen LogP contribution is -2.35. The van der Waals surface area contributed by atoms with Gasteiger partial charge in [0.25, 0.3) is 0 Å². The Hall–Kier alpha value is -1.55. The van der Waals surface area contributed by atoms with Crippen molar-refractivity contribution < 1.29 is 0 Å². The van der Waals surface area contributed by atoms with Crippen LogP contribution in [-0.4, -0.2) is 19.7 Å². The zero-order chi connectivity index (χ0) is 13.9. The molecule has 0 aliphatic heterocycles. The van der Waals surface area contributed by atoms with E-state index in [0.29, 0.717) is 0 Å². The fraction of sp³-hybridized carbons (Fsp3) is 0.533.